The number of hydrogen-bond donors (Lipinski definition) is 1. The summed E-state index contributed by atoms with van der Waals surface area (Å²) >= 11 is 5.11. The van der Waals surface area contributed by atoms with Gasteiger partial charge in [-0.15, -0.1) is 11.3 Å². The highest BCUT2D eigenvalue weighted by molar-refractivity contribution is 9.11. The van der Waals surface area contributed by atoms with E-state index in [0.717, 1.165) is 16.0 Å². The third-order valence-electron chi connectivity index (χ3n) is 2.44. The van der Waals surface area contributed by atoms with Crippen LogP contribution >= 0.6 is 27.3 Å². The lowest BCUT2D eigenvalue weighted by molar-refractivity contribution is 0.727. The molecule has 0 atom stereocenters. The molecule has 2 heterocycles. The maximum absolute atomic E-state index is 11.4. The molecule has 2 aromatic heterocycles. The second-order valence-electron chi connectivity index (χ2n) is 3.65. The molecular formula is C12H13BrN2OS. The highest BCUT2D eigenvalue weighted by atomic mass is 79.9. The average Bonchev–Trinajstić information content (AvgIpc) is 2.74. The summed E-state index contributed by atoms with van der Waals surface area (Å²) in [4.78, 5) is 11.4. The first kappa shape index (κ1) is 12.4. The molecular weight excluding hydrogens is 300 g/mol. The Hall–Kier alpha value is -1.07. The molecule has 0 saturated carbocycles. The van der Waals surface area contributed by atoms with Gasteiger partial charge in [-0.2, -0.15) is 0 Å². The van der Waals surface area contributed by atoms with Crippen molar-refractivity contribution in [3.05, 3.63) is 49.5 Å². The van der Waals surface area contributed by atoms with Crippen LogP contribution in [-0.4, -0.2) is 4.57 Å². The summed E-state index contributed by atoms with van der Waals surface area (Å²) in [7, 11) is 0. The summed E-state index contributed by atoms with van der Waals surface area (Å²) in [5.74, 6) is 0. The second-order valence-corrected chi connectivity index (χ2v) is 5.95. The van der Waals surface area contributed by atoms with Gasteiger partial charge in [0.2, 0.25) is 0 Å². The first-order valence-electron chi connectivity index (χ1n) is 5.36. The van der Waals surface area contributed by atoms with E-state index in [2.05, 4.69) is 32.7 Å². The van der Waals surface area contributed by atoms with Crippen molar-refractivity contribution in [2.24, 2.45) is 0 Å². The molecule has 0 aliphatic heterocycles. The van der Waals surface area contributed by atoms with Gasteiger partial charge in [0.1, 0.15) is 0 Å². The predicted octanol–water partition coefficient (Wildman–Crippen LogP) is 3.30. The van der Waals surface area contributed by atoms with Gasteiger partial charge in [-0.3, -0.25) is 4.79 Å². The molecule has 0 fully saturated rings. The number of thiophene rings is 1. The zero-order valence-corrected chi connectivity index (χ0v) is 11.8. The van der Waals surface area contributed by atoms with Crippen molar-refractivity contribution in [3.63, 3.8) is 0 Å². The molecule has 5 heteroatoms. The summed E-state index contributed by atoms with van der Waals surface area (Å²) in [6, 6.07) is 5.50. The second kappa shape index (κ2) is 5.51. The quantitative estimate of drug-likeness (QED) is 0.940. The van der Waals surface area contributed by atoms with Crippen molar-refractivity contribution >= 4 is 33.0 Å². The van der Waals surface area contributed by atoms with Gasteiger partial charge in [0.25, 0.3) is 5.56 Å². The summed E-state index contributed by atoms with van der Waals surface area (Å²) in [6.07, 6.45) is 1.85. The lowest BCUT2D eigenvalue weighted by Gasteiger charge is -2.07. The Bertz CT molecular complexity index is 562. The molecule has 0 aromatic carbocycles. The molecule has 2 aromatic rings. The Labute approximate surface area is 112 Å². The van der Waals surface area contributed by atoms with E-state index in [1.165, 1.54) is 5.56 Å². The van der Waals surface area contributed by atoms with Crippen molar-refractivity contribution in [1.82, 2.24) is 4.57 Å². The van der Waals surface area contributed by atoms with E-state index in [-0.39, 0.29) is 5.56 Å². The lowest BCUT2D eigenvalue weighted by atomic mass is 10.3. The molecule has 2 rings (SSSR count). The van der Waals surface area contributed by atoms with Gasteiger partial charge in [-0.05, 0) is 45.9 Å². The average molecular weight is 313 g/mol. The minimum atomic E-state index is 0.0383. The van der Waals surface area contributed by atoms with E-state index in [9.17, 15) is 4.79 Å². The fraction of sp³-hybridized carbons (Fsp3) is 0.250. The van der Waals surface area contributed by atoms with Crippen LogP contribution in [0.5, 0.6) is 0 Å². The van der Waals surface area contributed by atoms with Gasteiger partial charge in [0.15, 0.2) is 0 Å². The van der Waals surface area contributed by atoms with Crippen molar-refractivity contribution in [1.29, 1.82) is 0 Å². The Morgan fingerprint density at radius 1 is 1.47 bits per heavy atom. The van der Waals surface area contributed by atoms with Crippen molar-refractivity contribution in [2.45, 2.75) is 20.0 Å². The number of nitrogens with zero attached hydrogens (tertiary/aromatic N) is 1. The predicted molar refractivity (Wildman–Crippen MR) is 75.7 cm³/mol. The number of pyridine rings is 1. The highest BCUT2D eigenvalue weighted by Gasteiger charge is 1.99. The standard InChI is InChI=1S/C12H13BrN2OS/c1-2-15-7-10(3-4-12(15)16)14-6-9-5-11(13)17-8-9/h3-5,7-8,14H,2,6H2,1H3. The van der Waals surface area contributed by atoms with Crippen LogP contribution in [0.2, 0.25) is 0 Å². The van der Waals surface area contributed by atoms with Crippen LogP contribution in [0, 0.1) is 0 Å². The zero-order chi connectivity index (χ0) is 12.3. The molecule has 1 N–H and O–H groups in total. The molecule has 3 nitrogen and oxygen atoms in total. The van der Waals surface area contributed by atoms with E-state index in [0.29, 0.717) is 6.54 Å². The first-order chi connectivity index (χ1) is 8.19. The maximum atomic E-state index is 11.4. The number of aromatic nitrogens is 1. The molecule has 0 aliphatic carbocycles. The molecule has 0 radical (unpaired) electrons. The summed E-state index contributed by atoms with van der Waals surface area (Å²) in [5.41, 5.74) is 2.24. The topological polar surface area (TPSA) is 34.0 Å². The molecule has 90 valence electrons. The number of halogens is 1. The van der Waals surface area contributed by atoms with Crippen LogP contribution in [0.25, 0.3) is 0 Å². The highest BCUT2D eigenvalue weighted by Crippen LogP contribution is 2.21. The van der Waals surface area contributed by atoms with Gasteiger partial charge >= 0.3 is 0 Å². The van der Waals surface area contributed by atoms with Crippen LogP contribution in [0.3, 0.4) is 0 Å². The maximum Gasteiger partial charge on any atom is 0.250 e. The van der Waals surface area contributed by atoms with Crippen LogP contribution in [0.4, 0.5) is 5.69 Å². The number of rotatable bonds is 4. The van der Waals surface area contributed by atoms with Gasteiger partial charge in [0, 0.05) is 25.4 Å². The van der Waals surface area contributed by atoms with Gasteiger partial charge in [0.05, 0.1) is 9.47 Å². The fourth-order valence-corrected chi connectivity index (χ4v) is 2.73. The minimum Gasteiger partial charge on any atom is -0.380 e. The van der Waals surface area contributed by atoms with Crippen LogP contribution in [0.1, 0.15) is 12.5 Å². The fourth-order valence-electron chi connectivity index (χ4n) is 1.53. The number of nitrogens with one attached hydrogen (secondary N) is 1. The summed E-state index contributed by atoms with van der Waals surface area (Å²) in [5, 5.41) is 5.41. The van der Waals surface area contributed by atoms with E-state index in [1.54, 1.807) is 22.0 Å². The molecule has 0 spiro atoms. The molecule has 0 aliphatic rings. The summed E-state index contributed by atoms with van der Waals surface area (Å²) < 4.78 is 2.82. The monoisotopic (exact) mass is 312 g/mol. The third-order valence-corrected chi connectivity index (χ3v) is 4.00. The zero-order valence-electron chi connectivity index (χ0n) is 9.44. The number of hydrogen-bond acceptors (Lipinski definition) is 3. The van der Waals surface area contributed by atoms with E-state index in [4.69, 9.17) is 0 Å². The Morgan fingerprint density at radius 2 is 2.29 bits per heavy atom. The third kappa shape index (κ3) is 3.20. The Morgan fingerprint density at radius 3 is 2.94 bits per heavy atom. The van der Waals surface area contributed by atoms with Gasteiger partial charge in [-0.1, -0.05) is 0 Å². The Kier molecular flexibility index (Phi) is 4.02. The van der Waals surface area contributed by atoms with Gasteiger partial charge < -0.3 is 9.88 Å². The van der Waals surface area contributed by atoms with Crippen LogP contribution in [0.15, 0.2) is 38.4 Å². The molecule has 0 amide bonds. The van der Waals surface area contributed by atoms with Gasteiger partial charge in [-0.25, -0.2) is 0 Å². The normalized spacial score (nSPS) is 10.5. The van der Waals surface area contributed by atoms with Crippen LogP contribution < -0.4 is 10.9 Å². The largest absolute Gasteiger partial charge is 0.380 e. The molecule has 0 unspecified atom stereocenters. The van der Waals surface area contributed by atoms with E-state index in [1.807, 2.05) is 19.2 Å². The minimum absolute atomic E-state index is 0.0383. The summed E-state index contributed by atoms with van der Waals surface area (Å²) in [6.45, 7) is 3.42. The van der Waals surface area contributed by atoms with E-state index >= 15 is 0 Å². The molecule has 0 bridgehead atoms. The molecule has 17 heavy (non-hydrogen) atoms. The van der Waals surface area contributed by atoms with Crippen molar-refractivity contribution in [3.8, 4) is 0 Å². The SMILES string of the molecule is CCn1cc(NCc2csc(Br)c2)ccc1=O. The van der Waals surface area contributed by atoms with E-state index < -0.39 is 0 Å². The molecule has 0 saturated heterocycles. The van der Waals surface area contributed by atoms with Crippen LogP contribution in [-0.2, 0) is 13.1 Å². The van der Waals surface area contributed by atoms with Crippen molar-refractivity contribution < 1.29 is 0 Å². The van der Waals surface area contributed by atoms with Crippen molar-refractivity contribution in [2.75, 3.05) is 5.32 Å². The first-order valence-corrected chi connectivity index (χ1v) is 7.03. The number of anilines is 1. The lowest BCUT2D eigenvalue weighted by Crippen LogP contribution is -2.17. The Balaban J connectivity index is 2.06. The number of aryl methyl sites for hydroxylation is 1. The smallest absolute Gasteiger partial charge is 0.250 e.